The molecular weight excluding hydrogens is 236 g/mol. The van der Waals surface area contributed by atoms with Crippen LogP contribution in [-0.4, -0.2) is 23.2 Å². The molecule has 3 nitrogen and oxygen atoms in total. The van der Waals surface area contributed by atoms with Gasteiger partial charge in [0.15, 0.2) is 0 Å². The van der Waals surface area contributed by atoms with Crippen molar-refractivity contribution in [1.82, 2.24) is 4.98 Å². The zero-order valence-corrected chi connectivity index (χ0v) is 12.3. The molecule has 0 bridgehead atoms. The van der Waals surface area contributed by atoms with Gasteiger partial charge in [0.1, 0.15) is 5.82 Å². The fourth-order valence-corrected chi connectivity index (χ4v) is 2.54. The highest BCUT2D eigenvalue weighted by molar-refractivity contribution is 5.49. The lowest BCUT2D eigenvalue weighted by molar-refractivity contribution is 0.199. The predicted molar refractivity (Wildman–Crippen MR) is 79.2 cm³/mol. The number of rotatable bonds is 2. The van der Waals surface area contributed by atoms with E-state index >= 15 is 0 Å². The maximum absolute atomic E-state index is 9.83. The Morgan fingerprint density at radius 1 is 1.37 bits per heavy atom. The highest BCUT2D eigenvalue weighted by atomic mass is 16.3. The molecule has 0 radical (unpaired) electrons. The van der Waals surface area contributed by atoms with E-state index in [1.165, 1.54) is 5.57 Å². The highest BCUT2D eigenvalue weighted by Gasteiger charge is 2.23. The van der Waals surface area contributed by atoms with E-state index in [4.69, 9.17) is 0 Å². The zero-order chi connectivity index (χ0) is 14.0. The minimum absolute atomic E-state index is 0.253. The topological polar surface area (TPSA) is 36.4 Å². The number of hydrogen-bond donors (Lipinski definition) is 1. The standard InChI is InChI=1S/C16H24N2O/c1-12(19)14-6-5-9-17-15(14)18-10-7-13(8-11-18)16(2,3)4/h5-7,9,12,19H,8,10-11H2,1-4H3/t12-/m1/s1. The molecule has 0 spiro atoms. The fraction of sp³-hybridized carbons (Fsp3) is 0.562. The van der Waals surface area contributed by atoms with Crippen molar-refractivity contribution in [3.05, 3.63) is 35.5 Å². The molecule has 1 aromatic heterocycles. The lowest BCUT2D eigenvalue weighted by atomic mass is 9.83. The summed E-state index contributed by atoms with van der Waals surface area (Å²) in [4.78, 5) is 6.69. The van der Waals surface area contributed by atoms with Crippen LogP contribution < -0.4 is 4.90 Å². The first-order chi connectivity index (χ1) is 8.89. The van der Waals surface area contributed by atoms with Gasteiger partial charge in [-0.25, -0.2) is 4.98 Å². The first kappa shape index (κ1) is 14.1. The molecule has 0 amide bonds. The summed E-state index contributed by atoms with van der Waals surface area (Å²) in [6, 6.07) is 3.84. The molecule has 0 unspecified atom stereocenters. The largest absolute Gasteiger partial charge is 0.389 e. The average Bonchev–Trinajstić information content (AvgIpc) is 2.38. The molecule has 19 heavy (non-hydrogen) atoms. The van der Waals surface area contributed by atoms with E-state index in [-0.39, 0.29) is 5.41 Å². The Hall–Kier alpha value is -1.35. The second-order valence-electron chi connectivity index (χ2n) is 6.27. The van der Waals surface area contributed by atoms with Crippen molar-refractivity contribution in [2.75, 3.05) is 18.0 Å². The van der Waals surface area contributed by atoms with E-state index in [1.54, 1.807) is 13.1 Å². The van der Waals surface area contributed by atoms with Gasteiger partial charge in [-0.3, -0.25) is 0 Å². The van der Waals surface area contributed by atoms with E-state index in [1.807, 2.05) is 12.1 Å². The molecule has 3 heteroatoms. The second-order valence-corrected chi connectivity index (χ2v) is 6.27. The molecule has 0 saturated carbocycles. The van der Waals surface area contributed by atoms with Crippen LogP contribution in [-0.2, 0) is 0 Å². The van der Waals surface area contributed by atoms with Crippen LogP contribution >= 0.6 is 0 Å². The van der Waals surface area contributed by atoms with Gasteiger partial charge in [0.25, 0.3) is 0 Å². The smallest absolute Gasteiger partial charge is 0.134 e. The number of hydrogen-bond acceptors (Lipinski definition) is 3. The van der Waals surface area contributed by atoms with Gasteiger partial charge in [0, 0.05) is 24.8 Å². The van der Waals surface area contributed by atoms with Gasteiger partial charge >= 0.3 is 0 Å². The van der Waals surface area contributed by atoms with Gasteiger partial charge in [0.05, 0.1) is 6.10 Å². The van der Waals surface area contributed by atoms with Crippen LogP contribution in [0.3, 0.4) is 0 Å². The third-order valence-corrected chi connectivity index (χ3v) is 3.74. The lowest BCUT2D eigenvalue weighted by Gasteiger charge is -2.33. The molecule has 0 saturated heterocycles. The summed E-state index contributed by atoms with van der Waals surface area (Å²) in [5.74, 6) is 0.918. The third-order valence-electron chi connectivity index (χ3n) is 3.74. The Kier molecular flexibility index (Phi) is 3.95. The summed E-state index contributed by atoms with van der Waals surface area (Å²) < 4.78 is 0. The van der Waals surface area contributed by atoms with E-state index < -0.39 is 6.10 Å². The Morgan fingerprint density at radius 3 is 2.63 bits per heavy atom. The van der Waals surface area contributed by atoms with E-state index in [0.717, 1.165) is 30.9 Å². The zero-order valence-electron chi connectivity index (χ0n) is 12.3. The Bertz CT molecular complexity index is 472. The summed E-state index contributed by atoms with van der Waals surface area (Å²) >= 11 is 0. The third kappa shape index (κ3) is 3.16. The number of anilines is 1. The van der Waals surface area contributed by atoms with Crippen LogP contribution in [0.4, 0.5) is 5.82 Å². The number of aliphatic hydroxyl groups excluding tert-OH is 1. The monoisotopic (exact) mass is 260 g/mol. The van der Waals surface area contributed by atoms with E-state index in [0.29, 0.717) is 0 Å². The van der Waals surface area contributed by atoms with Gasteiger partial charge in [-0.1, -0.05) is 38.5 Å². The summed E-state index contributed by atoms with van der Waals surface area (Å²) in [5, 5.41) is 9.83. The van der Waals surface area contributed by atoms with Crippen LogP contribution in [0.1, 0.15) is 45.8 Å². The molecule has 0 fully saturated rings. The van der Waals surface area contributed by atoms with Crippen LogP contribution in [0, 0.1) is 5.41 Å². The number of aliphatic hydroxyl groups is 1. The fourth-order valence-electron chi connectivity index (χ4n) is 2.54. The molecule has 1 aromatic rings. The van der Waals surface area contributed by atoms with Crippen molar-refractivity contribution in [1.29, 1.82) is 0 Å². The molecule has 104 valence electrons. The van der Waals surface area contributed by atoms with Crippen molar-refractivity contribution < 1.29 is 5.11 Å². The molecule has 1 aliphatic rings. The normalized spacial score (nSPS) is 18.2. The molecule has 0 aliphatic carbocycles. The number of pyridine rings is 1. The molecular formula is C16H24N2O. The summed E-state index contributed by atoms with van der Waals surface area (Å²) in [6.45, 7) is 10.4. The van der Waals surface area contributed by atoms with Gasteiger partial charge in [-0.15, -0.1) is 0 Å². The number of nitrogens with zero attached hydrogens (tertiary/aromatic N) is 2. The minimum atomic E-state index is -0.475. The van der Waals surface area contributed by atoms with Crippen molar-refractivity contribution in [3.8, 4) is 0 Å². The van der Waals surface area contributed by atoms with Crippen molar-refractivity contribution >= 4 is 5.82 Å². The predicted octanol–water partition coefficient (Wildman–Crippen LogP) is 3.32. The van der Waals surface area contributed by atoms with Crippen molar-refractivity contribution in [2.45, 2.75) is 40.2 Å². The van der Waals surface area contributed by atoms with Crippen molar-refractivity contribution in [2.24, 2.45) is 5.41 Å². The van der Waals surface area contributed by atoms with Crippen LogP contribution in [0.5, 0.6) is 0 Å². The first-order valence-corrected chi connectivity index (χ1v) is 6.97. The van der Waals surface area contributed by atoms with Gasteiger partial charge < -0.3 is 10.0 Å². The minimum Gasteiger partial charge on any atom is -0.389 e. The Labute approximate surface area is 116 Å². The SMILES string of the molecule is C[C@@H](O)c1cccnc1N1CC=C(C(C)(C)C)CC1. The lowest BCUT2D eigenvalue weighted by Crippen LogP contribution is -2.32. The Morgan fingerprint density at radius 2 is 2.11 bits per heavy atom. The number of aromatic nitrogens is 1. The first-order valence-electron chi connectivity index (χ1n) is 6.97. The molecule has 1 N–H and O–H groups in total. The maximum Gasteiger partial charge on any atom is 0.134 e. The molecule has 0 aromatic carbocycles. The van der Waals surface area contributed by atoms with Crippen molar-refractivity contribution in [3.63, 3.8) is 0 Å². The van der Waals surface area contributed by atoms with Gasteiger partial charge in [-0.05, 0) is 24.8 Å². The van der Waals surface area contributed by atoms with Crippen LogP contribution in [0.25, 0.3) is 0 Å². The molecule has 2 rings (SSSR count). The van der Waals surface area contributed by atoms with Gasteiger partial charge in [-0.2, -0.15) is 0 Å². The molecule has 2 heterocycles. The van der Waals surface area contributed by atoms with E-state index in [9.17, 15) is 5.11 Å². The Balaban J connectivity index is 2.21. The van der Waals surface area contributed by atoms with E-state index in [2.05, 4.69) is 36.7 Å². The summed E-state index contributed by atoms with van der Waals surface area (Å²) in [5.41, 5.74) is 2.68. The summed E-state index contributed by atoms with van der Waals surface area (Å²) in [7, 11) is 0. The quantitative estimate of drug-likeness (QED) is 0.829. The highest BCUT2D eigenvalue weighted by Crippen LogP contribution is 2.32. The van der Waals surface area contributed by atoms with Gasteiger partial charge in [0.2, 0.25) is 0 Å². The average molecular weight is 260 g/mol. The summed E-state index contributed by atoms with van der Waals surface area (Å²) in [6.07, 6.45) is 4.70. The molecule has 1 aliphatic heterocycles. The second kappa shape index (κ2) is 5.33. The molecule has 1 atom stereocenters. The van der Waals surface area contributed by atoms with Crippen LogP contribution in [0.2, 0.25) is 0 Å². The van der Waals surface area contributed by atoms with Crippen LogP contribution in [0.15, 0.2) is 30.0 Å². The maximum atomic E-state index is 9.83.